The van der Waals surface area contributed by atoms with E-state index in [-0.39, 0.29) is 12.6 Å². The highest BCUT2D eigenvalue weighted by atomic mass is 32.2. The summed E-state index contributed by atoms with van der Waals surface area (Å²) in [4.78, 5) is 31.1. The predicted octanol–water partition coefficient (Wildman–Crippen LogP) is 2.98. The number of nitrogens with zero attached hydrogens (tertiary/aromatic N) is 2. The Morgan fingerprint density at radius 2 is 2.08 bits per heavy atom. The van der Waals surface area contributed by atoms with Crippen molar-refractivity contribution in [1.29, 1.82) is 0 Å². The van der Waals surface area contributed by atoms with Gasteiger partial charge in [0.05, 0.1) is 12.6 Å². The molecule has 0 radical (unpaired) electrons. The number of esters is 1. The second-order valence-electron chi connectivity index (χ2n) is 6.27. The van der Waals surface area contributed by atoms with Crippen LogP contribution < -0.4 is 0 Å². The zero-order chi connectivity index (χ0) is 17.3. The van der Waals surface area contributed by atoms with E-state index in [4.69, 9.17) is 4.74 Å². The van der Waals surface area contributed by atoms with Crippen molar-refractivity contribution in [2.75, 3.05) is 18.9 Å². The van der Waals surface area contributed by atoms with Crippen LogP contribution in [0.4, 0.5) is 0 Å². The molecule has 5 nitrogen and oxygen atoms in total. The Bertz CT molecular complexity index is 669. The number of ether oxygens (including phenoxy) is 1. The molecule has 2 aliphatic heterocycles. The van der Waals surface area contributed by atoms with Crippen molar-refractivity contribution in [1.82, 2.24) is 4.90 Å². The molecule has 2 aliphatic rings. The Labute approximate surface area is 146 Å². The fourth-order valence-electron chi connectivity index (χ4n) is 3.16. The van der Waals surface area contributed by atoms with Crippen molar-refractivity contribution in [3.63, 3.8) is 0 Å². The summed E-state index contributed by atoms with van der Waals surface area (Å²) >= 11 is 1.57. The van der Waals surface area contributed by atoms with Crippen molar-refractivity contribution in [2.45, 2.75) is 32.7 Å². The first-order valence-electron chi connectivity index (χ1n) is 8.31. The Hall–Kier alpha value is -1.82. The van der Waals surface area contributed by atoms with Crippen molar-refractivity contribution in [3.8, 4) is 0 Å². The average Bonchev–Trinajstić information content (AvgIpc) is 3.01. The van der Waals surface area contributed by atoms with E-state index in [1.54, 1.807) is 18.7 Å². The maximum atomic E-state index is 12.5. The number of fused-ring (bicyclic) bond motifs is 1. The number of amidine groups is 1. The number of benzene rings is 1. The zero-order valence-electron chi connectivity index (χ0n) is 14.2. The molecule has 0 spiro atoms. The van der Waals surface area contributed by atoms with Crippen LogP contribution in [0, 0.1) is 5.92 Å². The van der Waals surface area contributed by atoms with E-state index in [9.17, 15) is 9.59 Å². The van der Waals surface area contributed by atoms with Crippen LogP contribution in [0.2, 0.25) is 0 Å². The van der Waals surface area contributed by atoms with Gasteiger partial charge in [0.2, 0.25) is 0 Å². The van der Waals surface area contributed by atoms with Gasteiger partial charge in [0.15, 0.2) is 11.1 Å². The van der Waals surface area contributed by atoms with Crippen molar-refractivity contribution in [2.24, 2.45) is 10.9 Å². The Morgan fingerprint density at radius 3 is 2.71 bits per heavy atom. The third-order valence-electron chi connectivity index (χ3n) is 4.42. The van der Waals surface area contributed by atoms with Gasteiger partial charge in [-0.3, -0.25) is 9.59 Å². The second kappa shape index (κ2) is 6.97. The Balaban J connectivity index is 2.00. The SMILES string of the molecule is CCOC(=O)C1C(=O)N=C2SCCN2C1c1ccc(C(C)C)cc1. The van der Waals surface area contributed by atoms with Gasteiger partial charge in [0.25, 0.3) is 5.91 Å². The molecule has 1 aromatic carbocycles. The first kappa shape index (κ1) is 17.0. The van der Waals surface area contributed by atoms with Crippen LogP contribution in [-0.2, 0) is 14.3 Å². The number of hydrogen-bond acceptors (Lipinski definition) is 5. The normalized spacial score (nSPS) is 23.2. The smallest absolute Gasteiger partial charge is 0.321 e. The number of thioether (sulfide) groups is 1. The molecule has 0 aliphatic carbocycles. The van der Waals surface area contributed by atoms with Crippen molar-refractivity contribution in [3.05, 3.63) is 35.4 Å². The summed E-state index contributed by atoms with van der Waals surface area (Å²) in [6.07, 6.45) is 0. The Morgan fingerprint density at radius 1 is 1.38 bits per heavy atom. The quantitative estimate of drug-likeness (QED) is 0.620. The van der Waals surface area contributed by atoms with Crippen LogP contribution in [0.5, 0.6) is 0 Å². The van der Waals surface area contributed by atoms with E-state index in [0.717, 1.165) is 23.0 Å². The lowest BCUT2D eigenvalue weighted by atomic mass is 9.88. The predicted molar refractivity (Wildman–Crippen MR) is 95.0 cm³/mol. The number of amides is 1. The summed E-state index contributed by atoms with van der Waals surface area (Å²) in [5, 5.41) is 0.721. The highest BCUT2D eigenvalue weighted by molar-refractivity contribution is 8.14. The largest absolute Gasteiger partial charge is 0.465 e. The van der Waals surface area contributed by atoms with Crippen molar-refractivity contribution < 1.29 is 14.3 Å². The first-order valence-corrected chi connectivity index (χ1v) is 9.30. The molecule has 1 amide bonds. The fraction of sp³-hybridized carbons (Fsp3) is 0.500. The number of aliphatic imine (C=N–C) groups is 1. The van der Waals surface area contributed by atoms with Crippen LogP contribution in [0.25, 0.3) is 0 Å². The van der Waals surface area contributed by atoms with Crippen LogP contribution in [0.15, 0.2) is 29.3 Å². The third kappa shape index (κ3) is 3.07. The molecule has 6 heteroatoms. The Kier molecular flexibility index (Phi) is 4.94. The summed E-state index contributed by atoms with van der Waals surface area (Å²) < 4.78 is 5.15. The average molecular weight is 346 g/mol. The highest BCUT2D eigenvalue weighted by Crippen LogP contribution is 2.39. The minimum Gasteiger partial charge on any atom is -0.465 e. The summed E-state index contributed by atoms with van der Waals surface area (Å²) in [7, 11) is 0. The van der Waals surface area contributed by atoms with E-state index >= 15 is 0 Å². The zero-order valence-corrected chi connectivity index (χ0v) is 15.0. The number of rotatable bonds is 4. The minimum atomic E-state index is -0.891. The lowest BCUT2D eigenvalue weighted by molar-refractivity contribution is -0.154. The summed E-state index contributed by atoms with van der Waals surface area (Å²) in [6, 6.07) is 7.85. The van der Waals surface area contributed by atoms with Crippen LogP contribution in [-0.4, -0.2) is 40.8 Å². The highest BCUT2D eigenvalue weighted by Gasteiger charge is 2.46. The molecule has 0 saturated carbocycles. The standard InChI is InChI=1S/C18H22N2O3S/c1-4-23-17(22)14-15(13-7-5-12(6-8-13)11(2)3)20-9-10-24-18(20)19-16(14)21/h5-8,11,14-15H,4,9-10H2,1-3H3. The van der Waals surface area contributed by atoms with Gasteiger partial charge in [-0.05, 0) is 24.0 Å². The number of carbonyl (C=O) groups is 2. The molecule has 1 saturated heterocycles. The summed E-state index contributed by atoms with van der Waals surface area (Å²) in [5.74, 6) is -0.459. The molecule has 2 unspecified atom stereocenters. The maximum absolute atomic E-state index is 12.5. The van der Waals surface area contributed by atoms with E-state index in [1.807, 2.05) is 12.1 Å². The van der Waals surface area contributed by atoms with E-state index < -0.39 is 17.8 Å². The molecule has 0 aromatic heterocycles. The van der Waals surface area contributed by atoms with E-state index in [2.05, 4.69) is 35.9 Å². The van der Waals surface area contributed by atoms with Crippen LogP contribution in [0.1, 0.15) is 43.9 Å². The number of carbonyl (C=O) groups excluding carboxylic acids is 2. The topological polar surface area (TPSA) is 59.0 Å². The van der Waals surface area contributed by atoms with Gasteiger partial charge in [-0.1, -0.05) is 49.9 Å². The molecule has 0 bridgehead atoms. The molecular weight excluding hydrogens is 324 g/mol. The third-order valence-corrected chi connectivity index (χ3v) is 5.39. The van der Waals surface area contributed by atoms with Gasteiger partial charge in [-0.2, -0.15) is 4.99 Å². The molecule has 2 atom stereocenters. The summed E-state index contributed by atoms with van der Waals surface area (Å²) in [5.41, 5.74) is 2.19. The van der Waals surface area contributed by atoms with Crippen LogP contribution >= 0.6 is 11.8 Å². The van der Waals surface area contributed by atoms with Gasteiger partial charge >= 0.3 is 5.97 Å². The van der Waals surface area contributed by atoms with Gasteiger partial charge in [-0.15, -0.1) is 0 Å². The van der Waals surface area contributed by atoms with Crippen molar-refractivity contribution >= 4 is 28.8 Å². The first-order chi connectivity index (χ1) is 11.5. The molecule has 1 aromatic rings. The monoisotopic (exact) mass is 346 g/mol. The van der Waals surface area contributed by atoms with Gasteiger partial charge in [0.1, 0.15) is 0 Å². The molecule has 3 rings (SSSR count). The molecule has 1 fully saturated rings. The van der Waals surface area contributed by atoms with Crippen LogP contribution in [0.3, 0.4) is 0 Å². The molecule has 2 heterocycles. The van der Waals surface area contributed by atoms with Gasteiger partial charge in [-0.25, -0.2) is 0 Å². The summed E-state index contributed by atoms with van der Waals surface area (Å²) in [6.45, 7) is 7.07. The molecule has 0 N–H and O–H groups in total. The van der Waals surface area contributed by atoms with Gasteiger partial charge in [0, 0.05) is 12.3 Å². The number of hydrogen-bond donors (Lipinski definition) is 0. The second-order valence-corrected chi connectivity index (χ2v) is 7.33. The lowest BCUT2D eigenvalue weighted by Crippen LogP contribution is -2.45. The van der Waals surface area contributed by atoms with E-state index in [1.165, 1.54) is 5.56 Å². The van der Waals surface area contributed by atoms with Gasteiger partial charge < -0.3 is 9.64 Å². The molecule has 24 heavy (non-hydrogen) atoms. The molecular formula is C18H22N2O3S. The lowest BCUT2D eigenvalue weighted by Gasteiger charge is -2.36. The minimum absolute atomic E-state index is 0.257. The fourth-order valence-corrected chi connectivity index (χ4v) is 4.16. The molecule has 128 valence electrons. The maximum Gasteiger partial charge on any atom is 0.321 e. The van der Waals surface area contributed by atoms with E-state index in [0.29, 0.717) is 5.92 Å².